The van der Waals surface area contributed by atoms with Crippen molar-refractivity contribution in [3.8, 4) is 5.75 Å². The molecule has 104 valence electrons. The minimum Gasteiger partial charge on any atom is -0.493 e. The normalized spacial score (nSPS) is 10.3. The number of hydrogen-bond donors (Lipinski definition) is 0. The zero-order valence-electron chi connectivity index (χ0n) is 11.4. The van der Waals surface area contributed by atoms with Crippen molar-refractivity contribution >= 4 is 5.78 Å². The molecule has 0 radical (unpaired) electrons. The van der Waals surface area contributed by atoms with Gasteiger partial charge in [-0.05, 0) is 48.4 Å². The molecule has 2 aromatic carbocycles. The number of benzene rings is 2. The summed E-state index contributed by atoms with van der Waals surface area (Å²) in [4.78, 5) is 11.9. The van der Waals surface area contributed by atoms with Gasteiger partial charge in [-0.1, -0.05) is 19.1 Å². The van der Waals surface area contributed by atoms with Gasteiger partial charge >= 0.3 is 0 Å². The number of hydrogen-bond acceptors (Lipinski definition) is 2. The van der Waals surface area contributed by atoms with E-state index < -0.39 is 0 Å². The molecule has 2 rings (SSSR count). The third-order valence-electron chi connectivity index (χ3n) is 3.07. The van der Waals surface area contributed by atoms with Gasteiger partial charge in [0.25, 0.3) is 0 Å². The Kier molecular flexibility index (Phi) is 4.88. The van der Waals surface area contributed by atoms with Crippen LogP contribution in [0.2, 0.25) is 0 Å². The van der Waals surface area contributed by atoms with Crippen LogP contribution in [0.15, 0.2) is 48.5 Å². The highest BCUT2D eigenvalue weighted by Gasteiger charge is 2.06. The van der Waals surface area contributed by atoms with Crippen LogP contribution in [0.5, 0.6) is 5.75 Å². The van der Waals surface area contributed by atoms with E-state index in [-0.39, 0.29) is 18.0 Å². The van der Waals surface area contributed by atoms with E-state index in [1.54, 1.807) is 0 Å². The van der Waals surface area contributed by atoms with Gasteiger partial charge in [0.1, 0.15) is 11.6 Å². The molecule has 0 bridgehead atoms. The third-order valence-corrected chi connectivity index (χ3v) is 3.07. The molecule has 2 aromatic rings. The van der Waals surface area contributed by atoms with E-state index in [0.29, 0.717) is 12.2 Å². The van der Waals surface area contributed by atoms with Gasteiger partial charge in [-0.15, -0.1) is 0 Å². The van der Waals surface area contributed by atoms with Crippen LogP contribution in [0.3, 0.4) is 0 Å². The Balaban J connectivity index is 1.86. The predicted molar refractivity (Wildman–Crippen MR) is 76.7 cm³/mol. The molecule has 0 unspecified atom stereocenters. The monoisotopic (exact) mass is 272 g/mol. The minimum absolute atomic E-state index is 0.0448. The maximum absolute atomic E-state index is 12.8. The summed E-state index contributed by atoms with van der Waals surface area (Å²) in [6, 6.07) is 13.4. The number of halogens is 1. The summed E-state index contributed by atoms with van der Waals surface area (Å²) in [5.74, 6) is 0.391. The largest absolute Gasteiger partial charge is 0.493 e. The fraction of sp³-hybridized carbons (Fsp3) is 0.235. The lowest BCUT2D eigenvalue weighted by Gasteiger charge is -2.07. The predicted octanol–water partition coefficient (Wildman–Crippen LogP) is 4.04. The standard InChI is InChI=1S/C17H17FO2/c1-2-13-4-3-5-16(12-13)20-11-10-17(19)14-6-8-15(18)9-7-14/h3-9,12H,2,10-11H2,1H3. The molecule has 20 heavy (non-hydrogen) atoms. The molecule has 0 aromatic heterocycles. The number of aryl methyl sites for hydroxylation is 1. The maximum Gasteiger partial charge on any atom is 0.166 e. The van der Waals surface area contributed by atoms with Crippen LogP contribution in [0.1, 0.15) is 29.3 Å². The molecule has 2 nitrogen and oxygen atoms in total. The SMILES string of the molecule is CCc1cccc(OCCC(=O)c2ccc(F)cc2)c1. The summed E-state index contributed by atoms with van der Waals surface area (Å²) in [5.41, 5.74) is 1.71. The molecule has 0 fully saturated rings. The minimum atomic E-state index is -0.339. The van der Waals surface area contributed by atoms with Crippen LogP contribution in [-0.4, -0.2) is 12.4 Å². The summed E-state index contributed by atoms with van der Waals surface area (Å²) < 4.78 is 18.3. The summed E-state index contributed by atoms with van der Waals surface area (Å²) in [5, 5.41) is 0. The Morgan fingerprint density at radius 1 is 1.15 bits per heavy atom. The molecule has 0 amide bonds. The summed E-state index contributed by atoms with van der Waals surface area (Å²) in [7, 11) is 0. The van der Waals surface area contributed by atoms with Crippen LogP contribution in [0.25, 0.3) is 0 Å². The van der Waals surface area contributed by atoms with Crippen LogP contribution in [0.4, 0.5) is 4.39 Å². The molecular formula is C17H17FO2. The maximum atomic E-state index is 12.8. The van der Waals surface area contributed by atoms with E-state index in [1.807, 2.05) is 24.3 Å². The van der Waals surface area contributed by atoms with Gasteiger partial charge in [-0.3, -0.25) is 4.79 Å². The van der Waals surface area contributed by atoms with Gasteiger partial charge in [-0.2, -0.15) is 0 Å². The highest BCUT2D eigenvalue weighted by atomic mass is 19.1. The van der Waals surface area contributed by atoms with Crippen molar-refractivity contribution in [2.45, 2.75) is 19.8 Å². The van der Waals surface area contributed by atoms with Crippen molar-refractivity contribution in [2.75, 3.05) is 6.61 Å². The highest BCUT2D eigenvalue weighted by molar-refractivity contribution is 5.96. The van der Waals surface area contributed by atoms with Crippen molar-refractivity contribution in [3.05, 3.63) is 65.5 Å². The number of ether oxygens (including phenoxy) is 1. The molecular weight excluding hydrogens is 255 g/mol. The second-order valence-corrected chi connectivity index (χ2v) is 4.53. The van der Waals surface area contributed by atoms with E-state index in [9.17, 15) is 9.18 Å². The van der Waals surface area contributed by atoms with Gasteiger partial charge in [0.15, 0.2) is 5.78 Å². The zero-order valence-corrected chi connectivity index (χ0v) is 11.4. The Morgan fingerprint density at radius 2 is 1.90 bits per heavy atom. The first-order chi connectivity index (χ1) is 9.69. The Bertz CT molecular complexity index is 576. The van der Waals surface area contributed by atoms with Crippen molar-refractivity contribution in [1.29, 1.82) is 0 Å². The van der Waals surface area contributed by atoms with E-state index >= 15 is 0 Å². The molecule has 0 aliphatic heterocycles. The fourth-order valence-electron chi connectivity index (χ4n) is 1.90. The van der Waals surface area contributed by atoms with E-state index in [2.05, 4.69) is 6.92 Å². The molecule has 0 aliphatic rings. The molecule has 0 heterocycles. The first-order valence-electron chi connectivity index (χ1n) is 6.69. The molecule has 0 saturated carbocycles. The molecule has 3 heteroatoms. The van der Waals surface area contributed by atoms with Crippen LogP contribution in [-0.2, 0) is 6.42 Å². The van der Waals surface area contributed by atoms with E-state index in [0.717, 1.165) is 12.2 Å². The summed E-state index contributed by atoms with van der Waals surface area (Å²) in [6.07, 6.45) is 1.23. The molecule has 0 saturated heterocycles. The average molecular weight is 272 g/mol. The Labute approximate surface area is 118 Å². The Hall–Kier alpha value is -2.16. The average Bonchev–Trinajstić information content (AvgIpc) is 2.48. The number of carbonyl (C=O) groups excluding carboxylic acids is 1. The molecule has 0 N–H and O–H groups in total. The van der Waals surface area contributed by atoms with Crippen LogP contribution < -0.4 is 4.74 Å². The molecule has 0 atom stereocenters. The third kappa shape index (κ3) is 3.92. The van der Waals surface area contributed by atoms with Crippen molar-refractivity contribution < 1.29 is 13.9 Å². The highest BCUT2D eigenvalue weighted by Crippen LogP contribution is 2.14. The molecule has 0 spiro atoms. The lowest BCUT2D eigenvalue weighted by Crippen LogP contribution is -2.06. The van der Waals surface area contributed by atoms with Gasteiger partial charge in [-0.25, -0.2) is 4.39 Å². The van der Waals surface area contributed by atoms with Crippen LogP contribution in [0, 0.1) is 5.82 Å². The number of carbonyl (C=O) groups is 1. The van der Waals surface area contributed by atoms with Crippen LogP contribution >= 0.6 is 0 Å². The fourth-order valence-corrected chi connectivity index (χ4v) is 1.90. The van der Waals surface area contributed by atoms with Gasteiger partial charge in [0.2, 0.25) is 0 Å². The van der Waals surface area contributed by atoms with E-state index in [4.69, 9.17) is 4.74 Å². The second kappa shape index (κ2) is 6.85. The summed E-state index contributed by atoms with van der Waals surface area (Å²) >= 11 is 0. The van der Waals surface area contributed by atoms with Crippen molar-refractivity contribution in [2.24, 2.45) is 0 Å². The first-order valence-corrected chi connectivity index (χ1v) is 6.69. The second-order valence-electron chi connectivity index (χ2n) is 4.53. The van der Waals surface area contributed by atoms with Gasteiger partial charge in [0, 0.05) is 12.0 Å². The van der Waals surface area contributed by atoms with Gasteiger partial charge in [0.05, 0.1) is 6.61 Å². The lowest BCUT2D eigenvalue weighted by molar-refractivity contribution is 0.0962. The summed E-state index contributed by atoms with van der Waals surface area (Å²) in [6.45, 7) is 2.40. The zero-order chi connectivity index (χ0) is 14.4. The number of Topliss-reactive ketones (excluding diaryl/α,β-unsaturated/α-hetero) is 1. The Morgan fingerprint density at radius 3 is 2.60 bits per heavy atom. The van der Waals surface area contributed by atoms with Gasteiger partial charge < -0.3 is 4.74 Å². The van der Waals surface area contributed by atoms with Crippen molar-refractivity contribution in [3.63, 3.8) is 0 Å². The lowest BCUT2D eigenvalue weighted by atomic mass is 10.1. The quantitative estimate of drug-likeness (QED) is 0.742. The number of ketones is 1. The topological polar surface area (TPSA) is 26.3 Å². The van der Waals surface area contributed by atoms with E-state index in [1.165, 1.54) is 29.8 Å². The molecule has 0 aliphatic carbocycles. The smallest absolute Gasteiger partial charge is 0.166 e. The first kappa shape index (κ1) is 14.3. The number of rotatable bonds is 6. The van der Waals surface area contributed by atoms with Crippen molar-refractivity contribution in [1.82, 2.24) is 0 Å².